The Bertz CT molecular complexity index is 262. The van der Waals surface area contributed by atoms with Crippen molar-refractivity contribution in [2.75, 3.05) is 0 Å². The van der Waals surface area contributed by atoms with Gasteiger partial charge in [-0.3, -0.25) is 0 Å². The Morgan fingerprint density at radius 2 is 2.13 bits per heavy atom. The fourth-order valence-electron chi connectivity index (χ4n) is 1.60. The Morgan fingerprint density at radius 1 is 1.40 bits per heavy atom. The molecule has 0 fully saturated rings. The van der Waals surface area contributed by atoms with Gasteiger partial charge in [-0.1, -0.05) is 27.2 Å². The van der Waals surface area contributed by atoms with E-state index >= 15 is 0 Å². The lowest BCUT2D eigenvalue weighted by Crippen LogP contribution is -2.16. The van der Waals surface area contributed by atoms with Gasteiger partial charge in [0.1, 0.15) is 0 Å². The van der Waals surface area contributed by atoms with Crippen molar-refractivity contribution in [3.8, 4) is 0 Å². The second-order valence-electron chi connectivity index (χ2n) is 5.37. The summed E-state index contributed by atoms with van der Waals surface area (Å²) < 4.78 is 1.92. The monoisotopic (exact) mass is 210 g/mol. The molecule has 15 heavy (non-hydrogen) atoms. The SMILES string of the molecule is CC(C)(C)CCC[C@H](O)Cn1ccnc1. The van der Waals surface area contributed by atoms with Crippen molar-refractivity contribution < 1.29 is 5.11 Å². The summed E-state index contributed by atoms with van der Waals surface area (Å²) in [5.41, 5.74) is 0.370. The van der Waals surface area contributed by atoms with Crippen LogP contribution in [0.4, 0.5) is 0 Å². The van der Waals surface area contributed by atoms with Crippen molar-refractivity contribution in [3.05, 3.63) is 18.7 Å². The fourth-order valence-corrected chi connectivity index (χ4v) is 1.60. The molecule has 0 aliphatic heterocycles. The molecule has 1 N–H and O–H groups in total. The zero-order valence-electron chi connectivity index (χ0n) is 9.98. The number of aromatic nitrogens is 2. The fraction of sp³-hybridized carbons (Fsp3) is 0.750. The summed E-state index contributed by atoms with van der Waals surface area (Å²) in [6, 6.07) is 0. The van der Waals surface area contributed by atoms with E-state index in [1.165, 1.54) is 0 Å². The maximum absolute atomic E-state index is 9.77. The maximum atomic E-state index is 9.77. The molecule has 3 heteroatoms. The van der Waals surface area contributed by atoms with E-state index in [4.69, 9.17) is 0 Å². The first kappa shape index (κ1) is 12.2. The van der Waals surface area contributed by atoms with E-state index in [2.05, 4.69) is 25.8 Å². The maximum Gasteiger partial charge on any atom is 0.0946 e. The molecule has 0 radical (unpaired) electrons. The first-order valence-corrected chi connectivity index (χ1v) is 5.61. The Morgan fingerprint density at radius 3 is 2.67 bits per heavy atom. The summed E-state index contributed by atoms with van der Waals surface area (Å²) >= 11 is 0. The zero-order valence-corrected chi connectivity index (χ0v) is 9.98. The van der Waals surface area contributed by atoms with Crippen LogP contribution in [0.25, 0.3) is 0 Å². The smallest absolute Gasteiger partial charge is 0.0946 e. The van der Waals surface area contributed by atoms with Crippen LogP contribution in [0, 0.1) is 5.41 Å². The molecule has 0 aliphatic carbocycles. The second kappa shape index (κ2) is 5.31. The van der Waals surface area contributed by atoms with E-state index in [1.54, 1.807) is 12.5 Å². The molecule has 1 rings (SSSR count). The van der Waals surface area contributed by atoms with Gasteiger partial charge in [0, 0.05) is 18.9 Å². The summed E-state index contributed by atoms with van der Waals surface area (Å²) in [7, 11) is 0. The van der Waals surface area contributed by atoms with Crippen molar-refractivity contribution in [2.45, 2.75) is 52.7 Å². The summed E-state index contributed by atoms with van der Waals surface area (Å²) in [5, 5.41) is 9.77. The lowest BCUT2D eigenvalue weighted by Gasteiger charge is -2.19. The minimum absolute atomic E-state index is 0.249. The average Bonchev–Trinajstić information content (AvgIpc) is 2.54. The van der Waals surface area contributed by atoms with Gasteiger partial charge in [0.2, 0.25) is 0 Å². The molecule has 0 spiro atoms. The van der Waals surface area contributed by atoms with Gasteiger partial charge in [0.15, 0.2) is 0 Å². The van der Waals surface area contributed by atoms with Gasteiger partial charge in [-0.15, -0.1) is 0 Å². The predicted molar refractivity (Wildman–Crippen MR) is 61.5 cm³/mol. The van der Waals surface area contributed by atoms with Crippen molar-refractivity contribution in [2.24, 2.45) is 5.41 Å². The normalized spacial score (nSPS) is 14.1. The van der Waals surface area contributed by atoms with Gasteiger partial charge in [-0.2, -0.15) is 0 Å². The summed E-state index contributed by atoms with van der Waals surface area (Å²) in [5.74, 6) is 0. The minimum atomic E-state index is -0.249. The predicted octanol–water partition coefficient (Wildman–Crippen LogP) is 2.46. The second-order valence-corrected chi connectivity index (χ2v) is 5.37. The number of aliphatic hydroxyl groups is 1. The van der Waals surface area contributed by atoms with Gasteiger partial charge >= 0.3 is 0 Å². The van der Waals surface area contributed by atoms with Gasteiger partial charge in [-0.25, -0.2) is 4.98 Å². The molecule has 0 saturated carbocycles. The van der Waals surface area contributed by atoms with Crippen LogP contribution < -0.4 is 0 Å². The summed E-state index contributed by atoms with van der Waals surface area (Å²) in [6.07, 6.45) is 8.23. The van der Waals surface area contributed by atoms with Crippen LogP contribution in [0.5, 0.6) is 0 Å². The van der Waals surface area contributed by atoms with Crippen molar-refractivity contribution in [1.82, 2.24) is 9.55 Å². The number of nitrogens with zero attached hydrogens (tertiary/aromatic N) is 2. The Hall–Kier alpha value is -0.830. The highest BCUT2D eigenvalue weighted by atomic mass is 16.3. The van der Waals surface area contributed by atoms with Crippen LogP contribution in [0.15, 0.2) is 18.7 Å². The number of rotatable bonds is 5. The molecule has 3 nitrogen and oxygen atoms in total. The number of hydrogen-bond donors (Lipinski definition) is 1. The lowest BCUT2D eigenvalue weighted by atomic mass is 9.89. The van der Waals surface area contributed by atoms with Crippen LogP contribution in [0.2, 0.25) is 0 Å². The first-order chi connectivity index (χ1) is 6.97. The molecule has 0 aliphatic rings. The quantitative estimate of drug-likeness (QED) is 0.810. The molecular weight excluding hydrogens is 188 g/mol. The van der Waals surface area contributed by atoms with Crippen molar-refractivity contribution in [1.29, 1.82) is 0 Å². The Kier molecular flexibility index (Phi) is 4.33. The molecule has 0 amide bonds. The van der Waals surface area contributed by atoms with Gasteiger partial charge in [-0.05, 0) is 18.3 Å². The van der Waals surface area contributed by atoms with Crippen LogP contribution >= 0.6 is 0 Å². The molecule has 0 bridgehead atoms. The van der Waals surface area contributed by atoms with E-state index in [0.717, 1.165) is 19.3 Å². The van der Waals surface area contributed by atoms with E-state index < -0.39 is 0 Å². The van der Waals surface area contributed by atoms with Crippen molar-refractivity contribution in [3.63, 3.8) is 0 Å². The number of aliphatic hydroxyl groups excluding tert-OH is 1. The van der Waals surface area contributed by atoms with Crippen LogP contribution in [0.3, 0.4) is 0 Å². The largest absolute Gasteiger partial charge is 0.391 e. The highest BCUT2D eigenvalue weighted by Crippen LogP contribution is 2.22. The summed E-state index contributed by atoms with van der Waals surface area (Å²) in [6.45, 7) is 7.35. The van der Waals surface area contributed by atoms with E-state index in [-0.39, 0.29) is 6.10 Å². The molecule has 0 aromatic carbocycles. The highest BCUT2D eigenvalue weighted by Gasteiger charge is 2.11. The van der Waals surface area contributed by atoms with Crippen molar-refractivity contribution >= 4 is 0 Å². The standard InChI is InChI=1S/C12H22N2O/c1-12(2,3)6-4-5-11(15)9-14-8-7-13-10-14/h7-8,10-11,15H,4-6,9H2,1-3H3/t11-/m0/s1. The molecule has 1 heterocycles. The molecule has 86 valence electrons. The highest BCUT2D eigenvalue weighted by molar-refractivity contribution is 4.75. The molecular formula is C12H22N2O. The molecule has 1 aromatic rings. The molecule has 1 atom stereocenters. The third-order valence-electron chi connectivity index (χ3n) is 2.44. The molecule has 0 saturated heterocycles. The van der Waals surface area contributed by atoms with Gasteiger partial charge in [0.25, 0.3) is 0 Å². The van der Waals surface area contributed by atoms with E-state index in [1.807, 2.05) is 10.8 Å². The topological polar surface area (TPSA) is 38.0 Å². The van der Waals surface area contributed by atoms with Crippen LogP contribution in [-0.4, -0.2) is 20.8 Å². The Labute approximate surface area is 92.1 Å². The molecule has 1 aromatic heterocycles. The minimum Gasteiger partial charge on any atom is -0.391 e. The van der Waals surface area contributed by atoms with Gasteiger partial charge in [0.05, 0.1) is 12.4 Å². The Balaban J connectivity index is 2.17. The number of hydrogen-bond acceptors (Lipinski definition) is 2. The van der Waals surface area contributed by atoms with Crippen LogP contribution in [0.1, 0.15) is 40.0 Å². The third-order valence-corrected chi connectivity index (χ3v) is 2.44. The summed E-state index contributed by atoms with van der Waals surface area (Å²) in [4.78, 5) is 3.95. The first-order valence-electron chi connectivity index (χ1n) is 5.61. The van der Waals surface area contributed by atoms with Gasteiger partial charge < -0.3 is 9.67 Å². The number of imidazole rings is 1. The van der Waals surface area contributed by atoms with Crippen LogP contribution in [-0.2, 0) is 6.54 Å². The average molecular weight is 210 g/mol. The lowest BCUT2D eigenvalue weighted by molar-refractivity contribution is 0.136. The van der Waals surface area contributed by atoms with E-state index in [9.17, 15) is 5.11 Å². The zero-order chi connectivity index (χ0) is 11.3. The molecule has 0 unspecified atom stereocenters. The van der Waals surface area contributed by atoms with E-state index in [0.29, 0.717) is 12.0 Å². The third kappa shape index (κ3) is 5.57.